The normalized spacial score (nSPS) is 11.9. The Morgan fingerprint density at radius 2 is 2.24 bits per heavy atom. The number of para-hydroxylation sites is 1. The summed E-state index contributed by atoms with van der Waals surface area (Å²) in [7, 11) is 0. The summed E-state index contributed by atoms with van der Waals surface area (Å²) in [5, 5.41) is 3.23. The highest BCUT2D eigenvalue weighted by Crippen LogP contribution is 2.24. The van der Waals surface area contributed by atoms with Gasteiger partial charge in [-0.2, -0.15) is 0 Å². The number of hydrogen-bond acceptors (Lipinski definition) is 3. The van der Waals surface area contributed by atoms with Crippen LogP contribution in [0.3, 0.4) is 0 Å². The van der Waals surface area contributed by atoms with Crippen molar-refractivity contribution >= 4 is 17.5 Å². The molecule has 1 amide bonds. The van der Waals surface area contributed by atoms with E-state index in [-0.39, 0.29) is 5.91 Å². The van der Waals surface area contributed by atoms with Crippen LogP contribution in [0.1, 0.15) is 13.3 Å². The van der Waals surface area contributed by atoms with Gasteiger partial charge in [-0.05, 0) is 32.0 Å². The summed E-state index contributed by atoms with van der Waals surface area (Å²) in [6.45, 7) is 2.80. The number of carbonyl (C=O) groups excluding carboxylic acids is 1. The summed E-state index contributed by atoms with van der Waals surface area (Å²) in [5.74, 6) is 0.342. The van der Waals surface area contributed by atoms with Crippen molar-refractivity contribution in [3.63, 3.8) is 0 Å². The van der Waals surface area contributed by atoms with Crippen LogP contribution in [0.15, 0.2) is 24.3 Å². The summed E-state index contributed by atoms with van der Waals surface area (Å²) in [4.78, 5) is 11.6. The monoisotopic (exact) mass is 256 g/mol. The maximum absolute atomic E-state index is 11.6. The average molecular weight is 257 g/mol. The zero-order valence-corrected chi connectivity index (χ0v) is 10.5. The Kier molecular flexibility index (Phi) is 5.80. The van der Waals surface area contributed by atoms with Gasteiger partial charge in [0, 0.05) is 6.54 Å². The molecule has 4 nitrogen and oxygen atoms in total. The standard InChI is InChI=1S/C12H17ClN2O2/c1-9(12(16)15-8-4-7-14)17-11-6-3-2-5-10(11)13/h2-3,5-6,9H,4,7-8,14H2,1H3,(H,15,16). The van der Waals surface area contributed by atoms with Crippen LogP contribution in [-0.4, -0.2) is 25.1 Å². The van der Waals surface area contributed by atoms with E-state index in [2.05, 4.69) is 5.32 Å². The van der Waals surface area contributed by atoms with Crippen molar-refractivity contribution in [3.8, 4) is 5.75 Å². The highest BCUT2D eigenvalue weighted by atomic mass is 35.5. The van der Waals surface area contributed by atoms with E-state index < -0.39 is 6.10 Å². The van der Waals surface area contributed by atoms with Crippen LogP contribution in [-0.2, 0) is 4.79 Å². The maximum Gasteiger partial charge on any atom is 0.260 e. The molecule has 0 aliphatic carbocycles. The van der Waals surface area contributed by atoms with E-state index in [1.807, 2.05) is 0 Å². The summed E-state index contributed by atoms with van der Waals surface area (Å²) < 4.78 is 5.46. The SMILES string of the molecule is CC(Oc1ccccc1Cl)C(=O)NCCCN. The lowest BCUT2D eigenvalue weighted by Gasteiger charge is -2.15. The van der Waals surface area contributed by atoms with E-state index in [0.717, 1.165) is 6.42 Å². The number of benzene rings is 1. The van der Waals surface area contributed by atoms with Crippen LogP contribution in [0.2, 0.25) is 5.02 Å². The fourth-order valence-corrected chi connectivity index (χ4v) is 1.42. The second-order valence-electron chi connectivity index (χ2n) is 3.62. The zero-order chi connectivity index (χ0) is 12.7. The Morgan fingerprint density at radius 3 is 2.88 bits per heavy atom. The Balaban J connectivity index is 2.46. The average Bonchev–Trinajstić information content (AvgIpc) is 2.32. The van der Waals surface area contributed by atoms with Gasteiger partial charge in [-0.3, -0.25) is 4.79 Å². The van der Waals surface area contributed by atoms with Gasteiger partial charge in [-0.1, -0.05) is 23.7 Å². The molecule has 0 saturated carbocycles. The molecule has 0 aromatic heterocycles. The minimum absolute atomic E-state index is 0.168. The zero-order valence-electron chi connectivity index (χ0n) is 9.78. The first-order valence-electron chi connectivity index (χ1n) is 5.54. The summed E-state index contributed by atoms with van der Waals surface area (Å²) in [6, 6.07) is 7.06. The summed E-state index contributed by atoms with van der Waals surface area (Å²) in [6.07, 6.45) is 0.178. The molecule has 1 atom stereocenters. The number of carbonyl (C=O) groups is 1. The Morgan fingerprint density at radius 1 is 1.53 bits per heavy atom. The third kappa shape index (κ3) is 4.63. The third-order valence-corrected chi connectivity index (χ3v) is 2.50. The third-order valence-electron chi connectivity index (χ3n) is 2.19. The number of nitrogens with two attached hydrogens (primary N) is 1. The number of hydrogen-bond donors (Lipinski definition) is 2. The van der Waals surface area contributed by atoms with Crippen molar-refractivity contribution in [1.29, 1.82) is 0 Å². The predicted octanol–water partition coefficient (Wildman–Crippen LogP) is 1.57. The van der Waals surface area contributed by atoms with E-state index in [1.54, 1.807) is 31.2 Å². The topological polar surface area (TPSA) is 64.3 Å². The van der Waals surface area contributed by atoms with E-state index in [0.29, 0.717) is 23.9 Å². The second-order valence-corrected chi connectivity index (χ2v) is 4.03. The van der Waals surface area contributed by atoms with E-state index in [1.165, 1.54) is 0 Å². The Labute approximate surface area is 106 Å². The lowest BCUT2D eigenvalue weighted by Crippen LogP contribution is -2.37. The Hall–Kier alpha value is -1.26. The van der Waals surface area contributed by atoms with Gasteiger partial charge < -0.3 is 15.8 Å². The van der Waals surface area contributed by atoms with Crippen molar-refractivity contribution in [2.75, 3.05) is 13.1 Å². The van der Waals surface area contributed by atoms with Gasteiger partial charge in [0.25, 0.3) is 5.91 Å². The maximum atomic E-state index is 11.6. The smallest absolute Gasteiger partial charge is 0.260 e. The quantitative estimate of drug-likeness (QED) is 0.760. The van der Waals surface area contributed by atoms with Crippen LogP contribution in [0.5, 0.6) is 5.75 Å². The first-order chi connectivity index (χ1) is 8.15. The molecule has 0 saturated heterocycles. The number of rotatable bonds is 6. The van der Waals surface area contributed by atoms with Crippen molar-refractivity contribution in [3.05, 3.63) is 29.3 Å². The van der Waals surface area contributed by atoms with Gasteiger partial charge >= 0.3 is 0 Å². The minimum atomic E-state index is -0.576. The molecule has 1 unspecified atom stereocenters. The van der Waals surface area contributed by atoms with Gasteiger partial charge in [-0.25, -0.2) is 0 Å². The van der Waals surface area contributed by atoms with Gasteiger partial charge in [0.05, 0.1) is 5.02 Å². The van der Waals surface area contributed by atoms with Crippen LogP contribution in [0.4, 0.5) is 0 Å². The summed E-state index contributed by atoms with van der Waals surface area (Å²) in [5.41, 5.74) is 5.33. The first-order valence-corrected chi connectivity index (χ1v) is 5.92. The fraction of sp³-hybridized carbons (Fsp3) is 0.417. The number of amides is 1. The van der Waals surface area contributed by atoms with Crippen LogP contribution in [0.25, 0.3) is 0 Å². The first kappa shape index (κ1) is 13.8. The molecular formula is C12H17ClN2O2. The molecule has 5 heteroatoms. The van der Waals surface area contributed by atoms with Gasteiger partial charge in [0.1, 0.15) is 5.75 Å². The highest BCUT2D eigenvalue weighted by molar-refractivity contribution is 6.32. The van der Waals surface area contributed by atoms with Gasteiger partial charge in [0.15, 0.2) is 6.10 Å². The lowest BCUT2D eigenvalue weighted by atomic mass is 10.3. The molecule has 0 fully saturated rings. The molecule has 1 aromatic rings. The van der Waals surface area contributed by atoms with Crippen LogP contribution < -0.4 is 15.8 Å². The molecule has 94 valence electrons. The molecule has 1 rings (SSSR count). The molecule has 0 aliphatic rings. The number of halogens is 1. The van der Waals surface area contributed by atoms with Crippen molar-refractivity contribution < 1.29 is 9.53 Å². The number of ether oxygens (including phenoxy) is 1. The molecule has 0 aliphatic heterocycles. The van der Waals surface area contributed by atoms with E-state index >= 15 is 0 Å². The van der Waals surface area contributed by atoms with E-state index in [4.69, 9.17) is 22.1 Å². The number of nitrogens with one attached hydrogen (secondary N) is 1. The van der Waals surface area contributed by atoms with Crippen LogP contribution in [0, 0.1) is 0 Å². The van der Waals surface area contributed by atoms with Gasteiger partial charge in [-0.15, -0.1) is 0 Å². The molecule has 3 N–H and O–H groups in total. The molecule has 0 heterocycles. The predicted molar refractivity (Wildman–Crippen MR) is 68.2 cm³/mol. The van der Waals surface area contributed by atoms with Gasteiger partial charge in [0.2, 0.25) is 0 Å². The van der Waals surface area contributed by atoms with Crippen molar-refractivity contribution in [2.45, 2.75) is 19.4 Å². The minimum Gasteiger partial charge on any atom is -0.479 e. The van der Waals surface area contributed by atoms with Crippen molar-refractivity contribution in [2.24, 2.45) is 5.73 Å². The lowest BCUT2D eigenvalue weighted by molar-refractivity contribution is -0.127. The molecule has 0 bridgehead atoms. The van der Waals surface area contributed by atoms with Crippen LogP contribution >= 0.6 is 11.6 Å². The largest absolute Gasteiger partial charge is 0.479 e. The second kappa shape index (κ2) is 7.14. The molecule has 0 spiro atoms. The fourth-order valence-electron chi connectivity index (χ4n) is 1.24. The van der Waals surface area contributed by atoms with Crippen molar-refractivity contribution in [1.82, 2.24) is 5.32 Å². The van der Waals surface area contributed by atoms with E-state index in [9.17, 15) is 4.79 Å². The summed E-state index contributed by atoms with van der Waals surface area (Å²) >= 11 is 5.93. The molecular weight excluding hydrogens is 240 g/mol. The molecule has 1 aromatic carbocycles. The highest BCUT2D eigenvalue weighted by Gasteiger charge is 2.14. The molecule has 0 radical (unpaired) electrons. The Bertz CT molecular complexity index is 371. The molecule has 17 heavy (non-hydrogen) atoms.